The average molecular weight is 370 g/mol. The minimum absolute atomic E-state index is 0.0367. The zero-order valence-corrected chi connectivity index (χ0v) is 14.7. The highest BCUT2D eigenvalue weighted by molar-refractivity contribution is 6.30. The van der Waals surface area contributed by atoms with Crippen LogP contribution in [0.3, 0.4) is 0 Å². The summed E-state index contributed by atoms with van der Waals surface area (Å²) in [6.45, 7) is 0. The standard InChI is InChI=1S/C19H16ClN3O3/c1-26-16-7-2-11(8-15(16)24)14-9-17(25)22-19-18(14)21-10-23(19)13-5-3-12(20)4-6-13/h2-8,10,14,24H,9H2,1H3,(H,22,25)/t14-/m0/s1. The van der Waals surface area contributed by atoms with Crippen molar-refractivity contribution in [2.45, 2.75) is 12.3 Å². The van der Waals surface area contributed by atoms with Crippen LogP contribution in [0.2, 0.25) is 5.02 Å². The van der Waals surface area contributed by atoms with E-state index in [0.29, 0.717) is 16.6 Å². The summed E-state index contributed by atoms with van der Waals surface area (Å²) in [5.41, 5.74) is 2.41. The molecule has 0 unspecified atom stereocenters. The van der Waals surface area contributed by atoms with Crippen LogP contribution in [0.1, 0.15) is 23.6 Å². The monoisotopic (exact) mass is 369 g/mol. The number of phenols is 1. The Morgan fingerprint density at radius 3 is 2.73 bits per heavy atom. The molecule has 1 aliphatic rings. The van der Waals surface area contributed by atoms with Crippen molar-refractivity contribution in [1.82, 2.24) is 9.55 Å². The van der Waals surface area contributed by atoms with Gasteiger partial charge in [-0.15, -0.1) is 0 Å². The van der Waals surface area contributed by atoms with E-state index in [-0.39, 0.29) is 24.0 Å². The van der Waals surface area contributed by atoms with Crippen molar-refractivity contribution >= 4 is 23.3 Å². The summed E-state index contributed by atoms with van der Waals surface area (Å²) in [5, 5.41) is 13.6. The van der Waals surface area contributed by atoms with Crippen molar-refractivity contribution < 1.29 is 14.6 Å². The average Bonchev–Trinajstić information content (AvgIpc) is 3.05. The largest absolute Gasteiger partial charge is 0.504 e. The third-order valence-corrected chi connectivity index (χ3v) is 4.74. The smallest absolute Gasteiger partial charge is 0.226 e. The molecular weight excluding hydrogens is 354 g/mol. The van der Waals surface area contributed by atoms with Gasteiger partial charge in [-0.2, -0.15) is 0 Å². The molecule has 26 heavy (non-hydrogen) atoms. The van der Waals surface area contributed by atoms with Gasteiger partial charge in [-0.1, -0.05) is 17.7 Å². The molecule has 0 spiro atoms. The number of aromatic hydroxyl groups is 1. The molecule has 2 N–H and O–H groups in total. The summed E-state index contributed by atoms with van der Waals surface area (Å²) in [7, 11) is 1.49. The molecule has 0 radical (unpaired) electrons. The molecule has 0 aliphatic carbocycles. The van der Waals surface area contributed by atoms with E-state index in [4.69, 9.17) is 16.3 Å². The van der Waals surface area contributed by atoms with Crippen LogP contribution in [0.4, 0.5) is 5.82 Å². The van der Waals surface area contributed by atoms with Crippen LogP contribution in [-0.4, -0.2) is 27.7 Å². The van der Waals surface area contributed by atoms with Crippen LogP contribution in [0.25, 0.3) is 5.69 Å². The Labute approximate surface area is 155 Å². The molecular formula is C19H16ClN3O3. The van der Waals surface area contributed by atoms with Crippen LogP contribution in [-0.2, 0) is 4.79 Å². The van der Waals surface area contributed by atoms with Crippen LogP contribution < -0.4 is 10.1 Å². The maximum Gasteiger partial charge on any atom is 0.226 e. The SMILES string of the molecule is COc1ccc([C@@H]2CC(=O)Nc3c2ncn3-c2ccc(Cl)cc2)cc1O. The van der Waals surface area contributed by atoms with Crippen molar-refractivity contribution in [2.75, 3.05) is 12.4 Å². The molecule has 0 bridgehead atoms. The highest BCUT2D eigenvalue weighted by atomic mass is 35.5. The molecule has 0 saturated heterocycles. The second-order valence-corrected chi connectivity index (χ2v) is 6.50. The first kappa shape index (κ1) is 16.5. The van der Waals surface area contributed by atoms with E-state index < -0.39 is 0 Å². The van der Waals surface area contributed by atoms with E-state index in [2.05, 4.69) is 10.3 Å². The van der Waals surface area contributed by atoms with Gasteiger partial charge in [-0.05, 0) is 42.0 Å². The number of carbonyl (C=O) groups excluding carboxylic acids is 1. The molecule has 3 aromatic rings. The van der Waals surface area contributed by atoms with Crippen molar-refractivity contribution in [1.29, 1.82) is 0 Å². The molecule has 7 heteroatoms. The Kier molecular flexibility index (Phi) is 4.05. The summed E-state index contributed by atoms with van der Waals surface area (Å²) in [6, 6.07) is 12.4. The zero-order valence-electron chi connectivity index (χ0n) is 13.9. The van der Waals surface area contributed by atoms with E-state index in [9.17, 15) is 9.90 Å². The molecule has 4 rings (SSSR count). The summed E-state index contributed by atoms with van der Waals surface area (Å²) in [6.07, 6.45) is 1.94. The third kappa shape index (κ3) is 2.78. The quantitative estimate of drug-likeness (QED) is 0.737. The lowest BCUT2D eigenvalue weighted by Gasteiger charge is -2.23. The predicted molar refractivity (Wildman–Crippen MR) is 98.3 cm³/mol. The van der Waals surface area contributed by atoms with Crippen LogP contribution in [0.15, 0.2) is 48.8 Å². The molecule has 0 fully saturated rings. The fourth-order valence-electron chi connectivity index (χ4n) is 3.20. The number of methoxy groups -OCH3 is 1. The number of hydrogen-bond donors (Lipinski definition) is 2. The topological polar surface area (TPSA) is 76.4 Å². The van der Waals surface area contributed by atoms with E-state index in [1.54, 1.807) is 30.6 Å². The van der Waals surface area contributed by atoms with Gasteiger partial charge in [0.15, 0.2) is 11.5 Å². The number of nitrogens with one attached hydrogen (secondary N) is 1. The van der Waals surface area contributed by atoms with E-state index in [1.807, 2.05) is 22.8 Å². The number of benzene rings is 2. The van der Waals surface area contributed by atoms with Crippen LogP contribution in [0, 0.1) is 0 Å². The van der Waals surface area contributed by atoms with Crippen molar-refractivity contribution in [3.8, 4) is 17.2 Å². The summed E-state index contributed by atoms with van der Waals surface area (Å²) in [5.74, 6) is 0.706. The number of imidazole rings is 1. The van der Waals surface area contributed by atoms with Crippen molar-refractivity contribution in [3.63, 3.8) is 0 Å². The molecule has 6 nitrogen and oxygen atoms in total. The lowest BCUT2D eigenvalue weighted by atomic mass is 9.89. The Balaban J connectivity index is 1.78. The maximum atomic E-state index is 12.3. The molecule has 1 atom stereocenters. The van der Waals surface area contributed by atoms with Gasteiger partial charge in [-0.3, -0.25) is 9.36 Å². The zero-order chi connectivity index (χ0) is 18.3. The number of rotatable bonds is 3. The van der Waals surface area contributed by atoms with Gasteiger partial charge in [0.05, 0.1) is 12.8 Å². The molecule has 132 valence electrons. The van der Waals surface area contributed by atoms with Gasteiger partial charge in [0.1, 0.15) is 12.1 Å². The maximum absolute atomic E-state index is 12.3. The van der Waals surface area contributed by atoms with Crippen LogP contribution in [0.5, 0.6) is 11.5 Å². The van der Waals surface area contributed by atoms with Gasteiger partial charge < -0.3 is 15.2 Å². The number of carbonyl (C=O) groups is 1. The normalized spacial score (nSPS) is 16.1. The first-order valence-corrected chi connectivity index (χ1v) is 8.44. The van der Waals surface area contributed by atoms with Gasteiger partial charge >= 0.3 is 0 Å². The summed E-state index contributed by atoms with van der Waals surface area (Å²) in [4.78, 5) is 16.8. The number of hydrogen-bond acceptors (Lipinski definition) is 4. The Bertz CT molecular complexity index is 982. The van der Waals surface area contributed by atoms with Gasteiger partial charge in [0.25, 0.3) is 0 Å². The second kappa shape index (κ2) is 6.38. The highest BCUT2D eigenvalue weighted by Crippen LogP contribution is 2.39. The van der Waals surface area contributed by atoms with Crippen molar-refractivity contribution in [3.05, 3.63) is 65.1 Å². The molecule has 1 aliphatic heterocycles. The van der Waals surface area contributed by atoms with E-state index in [0.717, 1.165) is 16.9 Å². The molecule has 1 aromatic heterocycles. The lowest BCUT2D eigenvalue weighted by Crippen LogP contribution is -2.24. The van der Waals surface area contributed by atoms with Gasteiger partial charge in [0.2, 0.25) is 5.91 Å². The van der Waals surface area contributed by atoms with Gasteiger partial charge in [0, 0.05) is 23.0 Å². The first-order chi connectivity index (χ1) is 12.6. The fourth-order valence-corrected chi connectivity index (χ4v) is 3.33. The summed E-state index contributed by atoms with van der Waals surface area (Å²) < 4.78 is 6.91. The minimum Gasteiger partial charge on any atom is -0.504 e. The van der Waals surface area contributed by atoms with E-state index >= 15 is 0 Å². The number of nitrogens with zero attached hydrogens (tertiary/aromatic N) is 2. The number of aromatic nitrogens is 2. The van der Waals surface area contributed by atoms with Crippen LogP contribution >= 0.6 is 11.6 Å². The number of anilines is 1. The molecule has 0 saturated carbocycles. The number of fused-ring (bicyclic) bond motifs is 1. The molecule has 2 aromatic carbocycles. The number of amides is 1. The Morgan fingerprint density at radius 1 is 1.27 bits per heavy atom. The van der Waals surface area contributed by atoms with Crippen molar-refractivity contribution in [2.24, 2.45) is 0 Å². The highest BCUT2D eigenvalue weighted by Gasteiger charge is 2.31. The predicted octanol–water partition coefficient (Wildman–Crippen LogP) is 3.71. The summed E-state index contributed by atoms with van der Waals surface area (Å²) >= 11 is 5.95. The minimum atomic E-state index is -0.246. The number of ether oxygens (including phenoxy) is 1. The molecule has 1 amide bonds. The lowest BCUT2D eigenvalue weighted by molar-refractivity contribution is -0.116. The molecule has 2 heterocycles. The first-order valence-electron chi connectivity index (χ1n) is 8.06. The van der Waals surface area contributed by atoms with E-state index in [1.165, 1.54) is 7.11 Å². The third-order valence-electron chi connectivity index (χ3n) is 4.48. The fraction of sp³-hybridized carbons (Fsp3) is 0.158. The Morgan fingerprint density at radius 2 is 2.04 bits per heavy atom. The Hall–Kier alpha value is -2.99. The van der Waals surface area contributed by atoms with Gasteiger partial charge in [-0.25, -0.2) is 4.98 Å². The number of phenolic OH excluding ortho intramolecular Hbond substituents is 1. The number of halogens is 1. The second-order valence-electron chi connectivity index (χ2n) is 6.06.